The summed E-state index contributed by atoms with van der Waals surface area (Å²) in [6.07, 6.45) is 1.55. The summed E-state index contributed by atoms with van der Waals surface area (Å²) in [4.78, 5) is 17.0. The minimum atomic E-state index is -1.26. The Morgan fingerprint density at radius 3 is 2.91 bits per heavy atom. The van der Waals surface area contributed by atoms with Crippen molar-refractivity contribution in [1.82, 2.24) is 10.3 Å². The number of aryl methyl sites for hydroxylation is 1. The molecule has 3 aromatic rings. The van der Waals surface area contributed by atoms with Gasteiger partial charge in [0, 0.05) is 10.9 Å². The van der Waals surface area contributed by atoms with Crippen molar-refractivity contribution in [1.29, 1.82) is 0 Å². The molecule has 1 atom stereocenters. The highest BCUT2D eigenvalue weighted by Gasteiger charge is 2.28. The van der Waals surface area contributed by atoms with Crippen LogP contribution in [0.1, 0.15) is 28.1 Å². The van der Waals surface area contributed by atoms with Crippen LogP contribution in [-0.2, 0) is 5.60 Å². The fraction of sp³-hybridized carbons (Fsp3) is 0.250. The fourth-order valence-corrected chi connectivity index (χ4v) is 3.59. The second-order valence-electron chi connectivity index (χ2n) is 5.41. The molecule has 1 amide bonds. The summed E-state index contributed by atoms with van der Waals surface area (Å²) < 4.78 is 5.43. The van der Waals surface area contributed by atoms with Gasteiger partial charge in [-0.15, -0.1) is 11.3 Å². The van der Waals surface area contributed by atoms with E-state index >= 15 is 0 Å². The highest BCUT2D eigenvalue weighted by molar-refractivity contribution is 7.17. The Bertz CT molecular complexity index is 803. The molecule has 5 nitrogen and oxygen atoms in total. The number of hydrogen-bond acceptors (Lipinski definition) is 6. The number of nitrogens with one attached hydrogen (secondary N) is 1. The molecule has 0 saturated carbocycles. The highest BCUT2D eigenvalue weighted by Crippen LogP contribution is 2.27. The van der Waals surface area contributed by atoms with Crippen LogP contribution in [0.3, 0.4) is 0 Å². The second kappa shape index (κ2) is 6.27. The number of aliphatic hydroxyl groups is 1. The molecular formula is C16H16N2O3S2. The summed E-state index contributed by atoms with van der Waals surface area (Å²) >= 11 is 2.92. The zero-order valence-electron chi connectivity index (χ0n) is 12.7. The van der Waals surface area contributed by atoms with Crippen molar-refractivity contribution in [2.24, 2.45) is 0 Å². The second-order valence-corrected chi connectivity index (χ2v) is 7.22. The number of carbonyl (C=O) groups is 1. The van der Waals surface area contributed by atoms with E-state index in [1.54, 1.807) is 43.5 Å². The van der Waals surface area contributed by atoms with Gasteiger partial charge < -0.3 is 14.8 Å². The van der Waals surface area contributed by atoms with Crippen molar-refractivity contribution in [2.45, 2.75) is 19.4 Å². The number of hydrogen-bond donors (Lipinski definition) is 2. The van der Waals surface area contributed by atoms with Crippen molar-refractivity contribution in [3.63, 3.8) is 0 Å². The normalized spacial score (nSPS) is 13.7. The standard InChI is InChI=1S/C16H16N2O3S2/c1-10-3-4-13(21-10)16(2,20)9-18-14(19)12-7-17-15(23-12)11-5-6-22-8-11/h3-8,20H,9H2,1-2H3,(H,18,19). The van der Waals surface area contributed by atoms with Crippen LogP contribution in [0.5, 0.6) is 0 Å². The number of nitrogens with zero attached hydrogens (tertiary/aromatic N) is 1. The van der Waals surface area contributed by atoms with Gasteiger partial charge in [-0.05, 0) is 37.4 Å². The molecule has 0 aliphatic rings. The Kier molecular flexibility index (Phi) is 4.34. The van der Waals surface area contributed by atoms with E-state index in [1.807, 2.05) is 16.8 Å². The van der Waals surface area contributed by atoms with E-state index in [9.17, 15) is 9.90 Å². The van der Waals surface area contributed by atoms with E-state index in [1.165, 1.54) is 11.3 Å². The summed E-state index contributed by atoms with van der Waals surface area (Å²) in [7, 11) is 0. The first-order valence-corrected chi connectivity index (χ1v) is 8.77. The lowest BCUT2D eigenvalue weighted by Crippen LogP contribution is -2.38. The summed E-state index contributed by atoms with van der Waals surface area (Å²) in [6.45, 7) is 3.47. The van der Waals surface area contributed by atoms with Crippen LogP contribution in [0.25, 0.3) is 10.6 Å². The topological polar surface area (TPSA) is 75.4 Å². The van der Waals surface area contributed by atoms with Gasteiger partial charge in [-0.1, -0.05) is 0 Å². The Morgan fingerprint density at radius 1 is 1.43 bits per heavy atom. The van der Waals surface area contributed by atoms with Gasteiger partial charge in [0.25, 0.3) is 5.91 Å². The van der Waals surface area contributed by atoms with Gasteiger partial charge >= 0.3 is 0 Å². The molecule has 0 aromatic carbocycles. The Balaban J connectivity index is 1.65. The van der Waals surface area contributed by atoms with Crippen LogP contribution in [0, 0.1) is 6.92 Å². The van der Waals surface area contributed by atoms with Crippen molar-refractivity contribution in [3.8, 4) is 10.6 Å². The number of furan rings is 1. The van der Waals surface area contributed by atoms with E-state index in [0.717, 1.165) is 16.3 Å². The van der Waals surface area contributed by atoms with Crippen LogP contribution in [0.2, 0.25) is 0 Å². The van der Waals surface area contributed by atoms with Crippen molar-refractivity contribution >= 4 is 28.6 Å². The van der Waals surface area contributed by atoms with Crippen molar-refractivity contribution in [2.75, 3.05) is 6.54 Å². The minimum Gasteiger partial charge on any atom is -0.463 e. The zero-order chi connectivity index (χ0) is 16.4. The van der Waals surface area contributed by atoms with Gasteiger partial charge in [0.2, 0.25) is 0 Å². The predicted molar refractivity (Wildman–Crippen MR) is 90.8 cm³/mol. The van der Waals surface area contributed by atoms with Gasteiger partial charge in [-0.2, -0.15) is 11.3 Å². The van der Waals surface area contributed by atoms with Gasteiger partial charge in [0.05, 0.1) is 12.7 Å². The van der Waals surface area contributed by atoms with E-state index in [0.29, 0.717) is 10.6 Å². The maximum absolute atomic E-state index is 12.2. The molecule has 0 saturated heterocycles. The lowest BCUT2D eigenvalue weighted by molar-refractivity contribution is 0.0324. The number of aromatic nitrogens is 1. The maximum Gasteiger partial charge on any atom is 0.263 e. The Labute approximate surface area is 141 Å². The average molecular weight is 348 g/mol. The van der Waals surface area contributed by atoms with Gasteiger partial charge in [-0.3, -0.25) is 4.79 Å². The van der Waals surface area contributed by atoms with E-state index in [4.69, 9.17) is 4.42 Å². The third-order valence-electron chi connectivity index (χ3n) is 3.36. The molecule has 0 fully saturated rings. The lowest BCUT2D eigenvalue weighted by atomic mass is 10.0. The van der Waals surface area contributed by atoms with E-state index in [-0.39, 0.29) is 12.5 Å². The summed E-state index contributed by atoms with van der Waals surface area (Å²) in [5, 5.41) is 17.9. The monoisotopic (exact) mass is 348 g/mol. The van der Waals surface area contributed by atoms with E-state index < -0.39 is 5.60 Å². The smallest absolute Gasteiger partial charge is 0.263 e. The average Bonchev–Trinajstić information content (AvgIpc) is 3.24. The molecule has 1 unspecified atom stereocenters. The molecule has 3 aromatic heterocycles. The largest absolute Gasteiger partial charge is 0.463 e. The molecule has 3 rings (SSSR count). The SMILES string of the molecule is Cc1ccc(C(C)(O)CNC(=O)c2cnc(-c3ccsc3)s2)o1. The van der Waals surface area contributed by atoms with Crippen LogP contribution in [0.15, 0.2) is 39.6 Å². The van der Waals surface area contributed by atoms with Crippen LogP contribution < -0.4 is 5.32 Å². The molecule has 0 bridgehead atoms. The first-order valence-electron chi connectivity index (χ1n) is 7.01. The predicted octanol–water partition coefficient (Wildman–Crippen LogP) is 3.41. The first kappa shape index (κ1) is 15.9. The van der Waals surface area contributed by atoms with Crippen LogP contribution in [-0.4, -0.2) is 22.5 Å². The van der Waals surface area contributed by atoms with Gasteiger partial charge in [0.1, 0.15) is 27.0 Å². The van der Waals surface area contributed by atoms with Gasteiger partial charge in [-0.25, -0.2) is 4.98 Å². The number of thiazole rings is 1. The number of amides is 1. The summed E-state index contributed by atoms with van der Waals surface area (Å²) in [6, 6.07) is 5.46. The van der Waals surface area contributed by atoms with Crippen LogP contribution in [0.4, 0.5) is 0 Å². The highest BCUT2D eigenvalue weighted by atomic mass is 32.1. The molecule has 7 heteroatoms. The van der Waals surface area contributed by atoms with Gasteiger partial charge in [0.15, 0.2) is 0 Å². The third-order valence-corrected chi connectivity index (χ3v) is 5.09. The van der Waals surface area contributed by atoms with Crippen molar-refractivity contribution in [3.05, 3.63) is 51.6 Å². The lowest BCUT2D eigenvalue weighted by Gasteiger charge is -2.20. The molecule has 23 heavy (non-hydrogen) atoms. The Morgan fingerprint density at radius 2 is 2.26 bits per heavy atom. The number of thiophene rings is 1. The molecule has 0 aliphatic carbocycles. The molecule has 0 spiro atoms. The third kappa shape index (κ3) is 3.52. The molecule has 120 valence electrons. The quantitative estimate of drug-likeness (QED) is 0.741. The Hall–Kier alpha value is -1.96. The molecule has 0 aliphatic heterocycles. The zero-order valence-corrected chi connectivity index (χ0v) is 14.3. The van der Waals surface area contributed by atoms with E-state index in [2.05, 4.69) is 10.3 Å². The molecular weight excluding hydrogens is 332 g/mol. The van der Waals surface area contributed by atoms with Crippen LogP contribution >= 0.6 is 22.7 Å². The summed E-state index contributed by atoms with van der Waals surface area (Å²) in [5.41, 5.74) is -0.248. The van der Waals surface area contributed by atoms with Crippen molar-refractivity contribution < 1.29 is 14.3 Å². The number of carbonyl (C=O) groups excluding carboxylic acids is 1. The molecule has 0 radical (unpaired) electrons. The summed E-state index contributed by atoms with van der Waals surface area (Å²) in [5.74, 6) is 0.889. The molecule has 2 N–H and O–H groups in total. The molecule has 3 heterocycles. The maximum atomic E-state index is 12.2. The minimum absolute atomic E-state index is 0.0600. The number of rotatable bonds is 5. The first-order chi connectivity index (χ1) is 11.0. The fourth-order valence-electron chi connectivity index (χ4n) is 2.05.